The molecule has 3 rings (SSSR count). The van der Waals surface area contributed by atoms with Crippen molar-refractivity contribution in [3.8, 4) is 5.75 Å². The molecule has 1 aliphatic heterocycles. The number of ether oxygens (including phenoxy) is 1. The standard InChI is InChI=1S/C16H17BrN2O2.ClH/c17-13-3-1-12-8-15(4-2-11(12)7-13)21-10-16(20)19-14-5-6-18-9-14;/h1-4,7-8,14,18H,5-6,9-10H2,(H,19,20);1H. The number of halogens is 2. The second-order valence-corrected chi connectivity index (χ2v) is 6.11. The third kappa shape index (κ3) is 4.35. The van der Waals surface area contributed by atoms with Gasteiger partial charge in [0, 0.05) is 17.1 Å². The zero-order valence-electron chi connectivity index (χ0n) is 12.0. The Labute approximate surface area is 144 Å². The third-order valence-electron chi connectivity index (χ3n) is 3.57. The Morgan fingerprint density at radius 2 is 2.05 bits per heavy atom. The van der Waals surface area contributed by atoms with Crippen LogP contribution in [0.1, 0.15) is 6.42 Å². The lowest BCUT2D eigenvalue weighted by Crippen LogP contribution is -2.39. The Morgan fingerprint density at radius 3 is 2.82 bits per heavy atom. The summed E-state index contributed by atoms with van der Waals surface area (Å²) >= 11 is 3.45. The quantitative estimate of drug-likeness (QED) is 0.851. The maximum Gasteiger partial charge on any atom is 0.258 e. The summed E-state index contributed by atoms with van der Waals surface area (Å²) in [6.07, 6.45) is 0.983. The van der Waals surface area contributed by atoms with Crippen molar-refractivity contribution in [2.75, 3.05) is 19.7 Å². The molecule has 1 saturated heterocycles. The average Bonchev–Trinajstić information content (AvgIpc) is 2.98. The molecule has 1 heterocycles. The molecule has 1 fully saturated rings. The zero-order chi connectivity index (χ0) is 14.7. The highest BCUT2D eigenvalue weighted by Crippen LogP contribution is 2.24. The molecule has 0 aliphatic carbocycles. The third-order valence-corrected chi connectivity index (χ3v) is 4.06. The van der Waals surface area contributed by atoms with Gasteiger partial charge in [0.25, 0.3) is 5.91 Å². The zero-order valence-corrected chi connectivity index (χ0v) is 14.4. The first kappa shape index (κ1) is 17.1. The number of hydrogen-bond acceptors (Lipinski definition) is 3. The lowest BCUT2D eigenvalue weighted by molar-refractivity contribution is -0.123. The highest BCUT2D eigenvalue weighted by molar-refractivity contribution is 9.10. The van der Waals surface area contributed by atoms with E-state index in [2.05, 4.69) is 32.6 Å². The number of carbonyl (C=O) groups is 1. The van der Waals surface area contributed by atoms with E-state index in [-0.39, 0.29) is 31.0 Å². The second kappa shape index (κ2) is 7.81. The van der Waals surface area contributed by atoms with E-state index < -0.39 is 0 Å². The van der Waals surface area contributed by atoms with Crippen LogP contribution in [0.25, 0.3) is 10.8 Å². The van der Waals surface area contributed by atoms with Crippen molar-refractivity contribution in [1.82, 2.24) is 10.6 Å². The highest BCUT2D eigenvalue weighted by atomic mass is 79.9. The summed E-state index contributed by atoms with van der Waals surface area (Å²) < 4.78 is 6.62. The minimum absolute atomic E-state index is 0. The van der Waals surface area contributed by atoms with Gasteiger partial charge in [-0.3, -0.25) is 4.79 Å². The second-order valence-electron chi connectivity index (χ2n) is 5.20. The summed E-state index contributed by atoms with van der Waals surface area (Å²) in [5.41, 5.74) is 0. The average molecular weight is 386 g/mol. The fourth-order valence-electron chi connectivity index (χ4n) is 2.48. The van der Waals surface area contributed by atoms with Gasteiger partial charge in [-0.1, -0.05) is 28.1 Å². The van der Waals surface area contributed by atoms with Crippen LogP contribution in [0.3, 0.4) is 0 Å². The first-order valence-electron chi connectivity index (χ1n) is 7.03. The molecule has 4 nitrogen and oxygen atoms in total. The normalized spacial score (nSPS) is 17.0. The topological polar surface area (TPSA) is 50.4 Å². The largest absolute Gasteiger partial charge is 0.484 e. The summed E-state index contributed by atoms with van der Waals surface area (Å²) in [6, 6.07) is 12.1. The molecule has 0 saturated carbocycles. The van der Waals surface area contributed by atoms with Crippen LogP contribution in [0.2, 0.25) is 0 Å². The van der Waals surface area contributed by atoms with Crippen LogP contribution in [-0.2, 0) is 4.79 Å². The van der Waals surface area contributed by atoms with E-state index in [0.29, 0.717) is 5.75 Å². The molecule has 1 amide bonds. The number of fused-ring (bicyclic) bond motifs is 1. The molecule has 1 aliphatic rings. The molecule has 0 bridgehead atoms. The monoisotopic (exact) mass is 384 g/mol. The predicted molar refractivity (Wildman–Crippen MR) is 93.8 cm³/mol. The van der Waals surface area contributed by atoms with Gasteiger partial charge in [0.05, 0.1) is 0 Å². The SMILES string of the molecule is Cl.O=C(COc1ccc2cc(Br)ccc2c1)NC1CCNC1. The molecule has 2 aromatic rings. The summed E-state index contributed by atoms with van der Waals surface area (Å²) in [5, 5.41) is 8.41. The summed E-state index contributed by atoms with van der Waals surface area (Å²) in [4.78, 5) is 11.8. The first-order chi connectivity index (χ1) is 10.2. The molecule has 22 heavy (non-hydrogen) atoms. The Balaban J connectivity index is 0.00000176. The molecule has 2 N–H and O–H groups in total. The van der Waals surface area contributed by atoms with Gasteiger partial charge in [-0.15, -0.1) is 12.4 Å². The van der Waals surface area contributed by atoms with E-state index in [1.54, 1.807) is 0 Å². The van der Waals surface area contributed by atoms with Crippen molar-refractivity contribution >= 4 is 45.0 Å². The lowest BCUT2D eigenvalue weighted by atomic mass is 10.1. The summed E-state index contributed by atoms with van der Waals surface area (Å²) in [6.45, 7) is 1.86. The number of nitrogens with one attached hydrogen (secondary N) is 2. The maximum atomic E-state index is 11.8. The number of benzene rings is 2. The van der Waals surface area contributed by atoms with E-state index in [0.717, 1.165) is 34.8 Å². The van der Waals surface area contributed by atoms with Crippen LogP contribution < -0.4 is 15.4 Å². The Hall–Kier alpha value is -1.30. The van der Waals surface area contributed by atoms with E-state index in [1.807, 2.05) is 30.3 Å². The molecule has 6 heteroatoms. The van der Waals surface area contributed by atoms with Gasteiger partial charge in [0.1, 0.15) is 5.75 Å². The minimum Gasteiger partial charge on any atom is -0.484 e. The van der Waals surface area contributed by atoms with Crippen molar-refractivity contribution < 1.29 is 9.53 Å². The van der Waals surface area contributed by atoms with Crippen LogP contribution in [0.5, 0.6) is 5.75 Å². The molecule has 0 spiro atoms. The smallest absolute Gasteiger partial charge is 0.258 e. The molecule has 0 radical (unpaired) electrons. The minimum atomic E-state index is -0.0698. The Bertz CT molecular complexity index is 660. The molecular weight excluding hydrogens is 368 g/mol. The fraction of sp³-hybridized carbons (Fsp3) is 0.312. The molecule has 2 aromatic carbocycles. The number of rotatable bonds is 4. The molecular formula is C16H18BrClN2O2. The fourth-order valence-corrected chi connectivity index (χ4v) is 2.86. The van der Waals surface area contributed by atoms with Crippen molar-refractivity contribution in [3.63, 3.8) is 0 Å². The number of carbonyl (C=O) groups excluding carboxylic acids is 1. The van der Waals surface area contributed by atoms with E-state index >= 15 is 0 Å². The van der Waals surface area contributed by atoms with Crippen LogP contribution >= 0.6 is 28.3 Å². The molecule has 118 valence electrons. The van der Waals surface area contributed by atoms with Gasteiger partial charge in [0.15, 0.2) is 6.61 Å². The summed E-state index contributed by atoms with van der Waals surface area (Å²) in [5.74, 6) is 0.643. The van der Waals surface area contributed by atoms with Crippen molar-refractivity contribution in [1.29, 1.82) is 0 Å². The first-order valence-corrected chi connectivity index (χ1v) is 7.82. The number of hydrogen-bond donors (Lipinski definition) is 2. The maximum absolute atomic E-state index is 11.8. The highest BCUT2D eigenvalue weighted by Gasteiger charge is 2.16. The van der Waals surface area contributed by atoms with Gasteiger partial charge in [0.2, 0.25) is 0 Å². The Kier molecular flexibility index (Phi) is 6.06. The molecule has 0 aromatic heterocycles. The van der Waals surface area contributed by atoms with Crippen LogP contribution in [0.4, 0.5) is 0 Å². The van der Waals surface area contributed by atoms with Crippen LogP contribution in [0, 0.1) is 0 Å². The van der Waals surface area contributed by atoms with Crippen LogP contribution in [-0.4, -0.2) is 31.6 Å². The van der Waals surface area contributed by atoms with E-state index in [1.165, 1.54) is 0 Å². The van der Waals surface area contributed by atoms with Gasteiger partial charge < -0.3 is 15.4 Å². The van der Waals surface area contributed by atoms with Crippen molar-refractivity contribution in [2.45, 2.75) is 12.5 Å². The van der Waals surface area contributed by atoms with Crippen LogP contribution in [0.15, 0.2) is 40.9 Å². The Morgan fingerprint density at radius 1 is 1.27 bits per heavy atom. The van der Waals surface area contributed by atoms with Gasteiger partial charge in [-0.05, 0) is 48.0 Å². The van der Waals surface area contributed by atoms with E-state index in [9.17, 15) is 4.79 Å². The van der Waals surface area contributed by atoms with Gasteiger partial charge >= 0.3 is 0 Å². The molecule has 1 atom stereocenters. The van der Waals surface area contributed by atoms with E-state index in [4.69, 9.17) is 4.74 Å². The number of amides is 1. The predicted octanol–water partition coefficient (Wildman–Crippen LogP) is 2.88. The summed E-state index contributed by atoms with van der Waals surface area (Å²) in [7, 11) is 0. The van der Waals surface area contributed by atoms with Crippen molar-refractivity contribution in [3.05, 3.63) is 40.9 Å². The molecule has 1 unspecified atom stereocenters. The lowest BCUT2D eigenvalue weighted by Gasteiger charge is -2.12. The van der Waals surface area contributed by atoms with Gasteiger partial charge in [-0.2, -0.15) is 0 Å². The van der Waals surface area contributed by atoms with Gasteiger partial charge in [-0.25, -0.2) is 0 Å². The van der Waals surface area contributed by atoms with Crippen molar-refractivity contribution in [2.24, 2.45) is 0 Å².